The Morgan fingerprint density at radius 2 is 0.535 bits per heavy atom. The summed E-state index contributed by atoms with van der Waals surface area (Å²) in [4.78, 5) is 104. The van der Waals surface area contributed by atoms with Gasteiger partial charge in [-0.25, -0.2) is 9.80 Å². The van der Waals surface area contributed by atoms with Crippen molar-refractivity contribution in [2.45, 2.75) is 72.1 Å². The molecule has 12 nitrogen and oxygen atoms in total. The summed E-state index contributed by atoms with van der Waals surface area (Å²) in [6, 6.07) is 55.0. The number of hydrogen-bond donors (Lipinski definition) is 0. The van der Waals surface area contributed by atoms with Gasteiger partial charge in [0.05, 0.1) is 46.4 Å². The molecule has 498 valence electrons. The molecule has 4 fully saturated rings. The zero-order valence-electron chi connectivity index (χ0n) is 56.3. The number of fused-ring (bicyclic) bond motifs is 10. The van der Waals surface area contributed by atoms with Gasteiger partial charge in [-0.15, -0.1) is 0 Å². The third kappa shape index (κ3) is 15.6. The molecule has 99 heavy (non-hydrogen) atoms. The zero-order valence-corrected chi connectivity index (χ0v) is 56.3. The molecule has 0 N–H and O–H groups in total. The summed E-state index contributed by atoms with van der Waals surface area (Å²) in [6.45, 7) is 17.5. The number of benzene rings is 7. The molecule has 7 aromatic rings. The smallest absolute Gasteiger partial charge is 0.258 e. The molecule has 5 aliphatic carbocycles. The van der Waals surface area contributed by atoms with Crippen LogP contribution < -0.4 is 19.6 Å². The molecule has 9 aliphatic rings. The van der Waals surface area contributed by atoms with Crippen molar-refractivity contribution in [1.29, 1.82) is 0 Å². The summed E-state index contributed by atoms with van der Waals surface area (Å²) in [5, 5.41) is 0. The first-order chi connectivity index (χ1) is 48.1. The van der Waals surface area contributed by atoms with Gasteiger partial charge in [0.2, 0.25) is 23.6 Å². The van der Waals surface area contributed by atoms with E-state index in [0.29, 0.717) is 35.6 Å². The number of rotatable bonds is 14. The van der Waals surface area contributed by atoms with Crippen LogP contribution in [0.25, 0.3) is 18.2 Å². The van der Waals surface area contributed by atoms with Crippen molar-refractivity contribution in [2.75, 3.05) is 19.6 Å². The molecule has 0 spiro atoms. The van der Waals surface area contributed by atoms with Crippen LogP contribution in [0, 0.1) is 47.3 Å². The van der Waals surface area contributed by atoms with Gasteiger partial charge in [-0.3, -0.25) is 48.2 Å². The Morgan fingerprint density at radius 1 is 0.313 bits per heavy atom. The zero-order chi connectivity index (χ0) is 69.7. The lowest BCUT2D eigenvalue weighted by atomic mass is 9.85. The first-order valence-corrected chi connectivity index (χ1v) is 34.2. The van der Waals surface area contributed by atoms with Crippen LogP contribution in [0.5, 0.6) is 0 Å². The van der Waals surface area contributed by atoms with Crippen molar-refractivity contribution in [1.82, 2.24) is 0 Å². The van der Waals surface area contributed by atoms with Crippen LogP contribution in [-0.2, 0) is 70.5 Å². The standard InChI is InChI=1S/C31H26N2O4.C21H14N2O4.3C10H12.C5H6/c34-28-24-18-5-6-19(14-18)25(24)29(35)32(28)22-9-1-16(2-10-22)13-17-3-11-23(12-4-17)33-30(36)26-20-7-8-21(15-20)27(26)31(33)37;24-18-9-10-19(25)22(18)16-5-1-14(2-6-16)13-15-3-7-17(8-4-15)23-20(26)11-12-21(23)27;3*1-3-9-5-7-10(4-2)8-6-9;1-2-4-5-3-1/h1-12,18-21,24-27H,13-15H2;1-12H,13H2;3*3,5-8H,1,4H2,2H3;1-4H,5H2. The van der Waals surface area contributed by atoms with Gasteiger partial charge in [-0.1, -0.05) is 229 Å². The van der Waals surface area contributed by atoms with Gasteiger partial charge < -0.3 is 0 Å². The van der Waals surface area contributed by atoms with E-state index < -0.39 is 0 Å². The largest absolute Gasteiger partial charge is 0.274 e. The van der Waals surface area contributed by atoms with Gasteiger partial charge in [0.1, 0.15) is 0 Å². The van der Waals surface area contributed by atoms with Crippen molar-refractivity contribution in [3.05, 3.63) is 318 Å². The summed E-state index contributed by atoms with van der Waals surface area (Å²) < 4.78 is 0. The van der Waals surface area contributed by atoms with Gasteiger partial charge in [0.15, 0.2) is 0 Å². The molecule has 8 unspecified atom stereocenters. The lowest BCUT2D eigenvalue weighted by molar-refractivity contribution is -0.124. The first kappa shape index (κ1) is 69.1. The number of hydrogen-bond acceptors (Lipinski definition) is 8. The molecule has 2 saturated carbocycles. The highest BCUT2D eigenvalue weighted by molar-refractivity contribution is 6.29. The van der Waals surface area contributed by atoms with E-state index in [4.69, 9.17) is 0 Å². The number of aryl methyl sites for hydroxylation is 3. The van der Waals surface area contributed by atoms with Crippen LogP contribution in [0.4, 0.5) is 22.7 Å². The summed E-state index contributed by atoms with van der Waals surface area (Å²) >= 11 is 0. The second kappa shape index (κ2) is 31.8. The van der Waals surface area contributed by atoms with Gasteiger partial charge >= 0.3 is 0 Å². The van der Waals surface area contributed by atoms with E-state index in [0.717, 1.165) is 70.6 Å². The van der Waals surface area contributed by atoms with E-state index in [1.165, 1.54) is 67.5 Å². The molecule has 8 atom stereocenters. The highest BCUT2D eigenvalue weighted by Crippen LogP contribution is 2.54. The fraction of sp³-hybridized carbons (Fsp3) is 0.218. The Kier molecular flexibility index (Phi) is 22.2. The van der Waals surface area contributed by atoms with Crippen molar-refractivity contribution in [3.8, 4) is 0 Å². The number of carbonyl (C=O) groups excluding carboxylic acids is 8. The number of nitrogens with zero attached hydrogens (tertiary/aromatic N) is 4. The topological polar surface area (TPSA) is 150 Å². The van der Waals surface area contributed by atoms with E-state index in [2.05, 4.69) is 162 Å². The molecule has 2 saturated heterocycles. The van der Waals surface area contributed by atoms with Crippen LogP contribution in [0.3, 0.4) is 0 Å². The van der Waals surface area contributed by atoms with Crippen molar-refractivity contribution < 1.29 is 38.4 Å². The summed E-state index contributed by atoms with van der Waals surface area (Å²) in [6.07, 6.45) is 35.0. The molecule has 0 radical (unpaired) electrons. The number of imide groups is 4. The second-order valence-electron chi connectivity index (χ2n) is 25.7. The number of allylic oxidation sites excluding steroid dienone is 8. The molecular weight excluding hydrogens is 1230 g/mol. The van der Waals surface area contributed by atoms with Gasteiger partial charge in [0, 0.05) is 24.3 Å². The average molecular weight is 1310 g/mol. The maximum atomic E-state index is 13.1. The third-order valence-electron chi connectivity index (χ3n) is 19.7. The van der Waals surface area contributed by atoms with Gasteiger partial charge in [-0.05, 0) is 179 Å². The first-order valence-electron chi connectivity index (χ1n) is 34.2. The van der Waals surface area contributed by atoms with Crippen molar-refractivity contribution >= 4 is 88.2 Å². The lowest BCUT2D eigenvalue weighted by Gasteiger charge is -2.18. The van der Waals surface area contributed by atoms with Crippen LogP contribution >= 0.6 is 0 Å². The molecular formula is C87H82N4O8. The molecule has 4 bridgehead atoms. The molecule has 0 aromatic heterocycles. The Balaban J connectivity index is 0.000000138. The Labute approximate surface area is 580 Å². The molecule has 4 heterocycles. The van der Waals surface area contributed by atoms with E-state index in [-0.39, 0.29) is 94.6 Å². The number of amides is 8. The Hall–Kier alpha value is -11.2. The average Bonchev–Trinajstić information content (AvgIpc) is 1.57. The van der Waals surface area contributed by atoms with Crippen LogP contribution in [0.15, 0.2) is 263 Å². The highest BCUT2D eigenvalue weighted by atomic mass is 16.2. The van der Waals surface area contributed by atoms with Crippen LogP contribution in [0.1, 0.15) is 95.7 Å². The van der Waals surface area contributed by atoms with E-state index in [9.17, 15) is 38.4 Å². The fourth-order valence-electron chi connectivity index (χ4n) is 14.2. The maximum absolute atomic E-state index is 13.1. The maximum Gasteiger partial charge on any atom is 0.258 e. The van der Waals surface area contributed by atoms with Gasteiger partial charge in [-0.2, -0.15) is 0 Å². The Bertz CT molecular complexity index is 3960. The number of carbonyl (C=O) groups is 8. The SMILES string of the molecule is C1=CCC=C1.C=Cc1ccc(CC)cc1.C=Cc1ccc(CC)cc1.C=Cc1ccc(CC)cc1.O=C1C2C3C=CC(C3)C2C(=O)N1c1ccc(Cc2ccc(N3C(=O)C4C5C=CC(C5)C4C3=O)cc2)cc1.O=C1C=CC(=O)N1c1ccc(Cc2ccc(N3C(=O)C=CC3=O)cc2)cc1. The van der Waals surface area contributed by atoms with E-state index >= 15 is 0 Å². The predicted octanol–water partition coefficient (Wildman–Crippen LogP) is 16.2. The third-order valence-corrected chi connectivity index (χ3v) is 19.7. The minimum Gasteiger partial charge on any atom is -0.274 e. The second-order valence-corrected chi connectivity index (χ2v) is 25.7. The fourth-order valence-corrected chi connectivity index (χ4v) is 14.2. The van der Waals surface area contributed by atoms with Crippen molar-refractivity contribution in [2.24, 2.45) is 47.3 Å². The number of anilines is 4. The quantitative estimate of drug-likeness (QED) is 0.0772. The summed E-state index contributed by atoms with van der Waals surface area (Å²) in [5.41, 5.74) is 14.2. The van der Waals surface area contributed by atoms with Gasteiger partial charge in [0.25, 0.3) is 23.6 Å². The Morgan fingerprint density at radius 3 is 0.737 bits per heavy atom. The molecule has 7 aromatic carbocycles. The van der Waals surface area contributed by atoms with Crippen LogP contribution in [-0.4, -0.2) is 47.3 Å². The molecule has 16 rings (SSSR count). The van der Waals surface area contributed by atoms with E-state index in [1.54, 1.807) is 24.3 Å². The summed E-state index contributed by atoms with van der Waals surface area (Å²) in [7, 11) is 0. The highest BCUT2D eigenvalue weighted by Gasteiger charge is 2.61. The molecule has 4 aliphatic heterocycles. The minimum atomic E-state index is -0.344. The normalized spacial score (nSPS) is 21.7. The minimum absolute atomic E-state index is 0.0610. The molecule has 8 amide bonds. The lowest BCUT2D eigenvalue weighted by Crippen LogP contribution is -2.32. The molecule has 12 heteroatoms. The van der Waals surface area contributed by atoms with E-state index in [1.807, 2.05) is 91.0 Å². The summed E-state index contributed by atoms with van der Waals surface area (Å²) in [5.74, 6) is -1.57. The van der Waals surface area contributed by atoms with Crippen molar-refractivity contribution in [3.63, 3.8) is 0 Å². The predicted molar refractivity (Wildman–Crippen MR) is 396 cm³/mol. The monoisotopic (exact) mass is 1310 g/mol. The van der Waals surface area contributed by atoms with Crippen LogP contribution in [0.2, 0.25) is 0 Å².